The van der Waals surface area contributed by atoms with Gasteiger partial charge in [0.05, 0.1) is 6.10 Å². The van der Waals surface area contributed by atoms with Crippen LogP contribution in [0.4, 0.5) is 0 Å². The van der Waals surface area contributed by atoms with Crippen molar-refractivity contribution in [3.8, 4) is 5.75 Å². The maximum atomic E-state index is 11.1. The Morgan fingerprint density at radius 2 is 2.27 bits per heavy atom. The summed E-state index contributed by atoms with van der Waals surface area (Å²) in [6.45, 7) is 0.662. The smallest absolute Gasteiger partial charge is 0.219 e. The number of nitrogens with zero attached hydrogens (tertiary/aromatic N) is 3. The molecule has 0 spiro atoms. The molecule has 0 bridgehead atoms. The molecular formula is C17H21BrN4O3S. The van der Waals surface area contributed by atoms with E-state index in [4.69, 9.17) is 10.5 Å². The molecule has 1 aliphatic carbocycles. The Bertz CT molecular complexity index is 766. The Morgan fingerprint density at radius 1 is 1.46 bits per heavy atom. The van der Waals surface area contributed by atoms with Gasteiger partial charge in [0.2, 0.25) is 5.91 Å². The molecule has 0 saturated heterocycles. The highest BCUT2D eigenvalue weighted by atomic mass is 79.9. The van der Waals surface area contributed by atoms with Crippen molar-refractivity contribution in [1.29, 1.82) is 0 Å². The number of aliphatic hydroxyl groups excluding tert-OH is 1. The molecule has 1 saturated carbocycles. The lowest BCUT2D eigenvalue weighted by Crippen LogP contribution is -2.20. The SMILES string of the molecule is NC(=O)CCn1c(SCC(O)COc2cccc(Br)c2)nnc1C1CC1. The highest BCUT2D eigenvalue weighted by molar-refractivity contribution is 9.10. The first-order valence-electron chi connectivity index (χ1n) is 8.43. The first-order chi connectivity index (χ1) is 12.5. The maximum Gasteiger partial charge on any atom is 0.219 e. The fourth-order valence-electron chi connectivity index (χ4n) is 2.45. The van der Waals surface area contributed by atoms with Gasteiger partial charge in [-0.1, -0.05) is 33.8 Å². The fourth-order valence-corrected chi connectivity index (χ4v) is 3.71. The van der Waals surface area contributed by atoms with Gasteiger partial charge in [-0.15, -0.1) is 10.2 Å². The third-order valence-corrected chi connectivity index (χ3v) is 5.52. The van der Waals surface area contributed by atoms with Gasteiger partial charge < -0.3 is 20.1 Å². The first-order valence-corrected chi connectivity index (χ1v) is 10.2. The number of ether oxygens (including phenoxy) is 1. The molecule has 7 nitrogen and oxygen atoms in total. The van der Waals surface area contributed by atoms with E-state index in [1.165, 1.54) is 11.8 Å². The number of nitrogens with two attached hydrogens (primary N) is 1. The number of thioether (sulfide) groups is 1. The van der Waals surface area contributed by atoms with Crippen LogP contribution >= 0.6 is 27.7 Å². The minimum absolute atomic E-state index is 0.189. The van der Waals surface area contributed by atoms with Crippen LogP contribution < -0.4 is 10.5 Å². The van der Waals surface area contributed by atoms with Crippen LogP contribution in [-0.4, -0.2) is 44.2 Å². The number of halogens is 1. The van der Waals surface area contributed by atoms with Crippen LogP contribution in [0.25, 0.3) is 0 Å². The van der Waals surface area contributed by atoms with E-state index >= 15 is 0 Å². The van der Waals surface area contributed by atoms with E-state index in [0.717, 1.165) is 23.1 Å². The van der Waals surface area contributed by atoms with Crippen molar-refractivity contribution >= 4 is 33.6 Å². The van der Waals surface area contributed by atoms with Crippen molar-refractivity contribution in [2.45, 2.75) is 43.0 Å². The number of benzene rings is 1. The number of carbonyl (C=O) groups is 1. The highest BCUT2D eigenvalue weighted by Crippen LogP contribution is 2.40. The molecule has 3 N–H and O–H groups in total. The molecule has 0 aliphatic heterocycles. The summed E-state index contributed by atoms with van der Waals surface area (Å²) < 4.78 is 8.48. The molecule has 9 heteroatoms. The molecule has 140 valence electrons. The van der Waals surface area contributed by atoms with Crippen molar-refractivity contribution in [1.82, 2.24) is 14.8 Å². The number of hydrogen-bond donors (Lipinski definition) is 2. The van der Waals surface area contributed by atoms with E-state index in [1.807, 2.05) is 28.8 Å². The molecule has 1 aromatic heterocycles. The molecule has 0 radical (unpaired) electrons. The molecule has 1 unspecified atom stereocenters. The predicted molar refractivity (Wildman–Crippen MR) is 102 cm³/mol. The quantitative estimate of drug-likeness (QED) is 0.549. The van der Waals surface area contributed by atoms with E-state index in [2.05, 4.69) is 26.1 Å². The zero-order chi connectivity index (χ0) is 18.5. The minimum atomic E-state index is -0.648. The summed E-state index contributed by atoms with van der Waals surface area (Å²) in [5, 5.41) is 19.4. The van der Waals surface area contributed by atoms with Gasteiger partial charge in [0.15, 0.2) is 5.16 Å². The van der Waals surface area contributed by atoms with Crippen LogP contribution in [-0.2, 0) is 11.3 Å². The summed E-state index contributed by atoms with van der Waals surface area (Å²) in [6.07, 6.45) is 1.80. The molecule has 3 rings (SSSR count). The van der Waals surface area contributed by atoms with E-state index in [0.29, 0.717) is 29.1 Å². The Kier molecular flexibility index (Phi) is 6.55. The lowest BCUT2D eigenvalue weighted by atomic mass is 10.3. The fraction of sp³-hybridized carbons (Fsp3) is 0.471. The molecule has 1 amide bonds. The van der Waals surface area contributed by atoms with Crippen molar-refractivity contribution in [3.05, 3.63) is 34.6 Å². The third-order valence-electron chi connectivity index (χ3n) is 3.91. The number of aliphatic hydroxyl groups is 1. The van der Waals surface area contributed by atoms with Crippen molar-refractivity contribution in [2.24, 2.45) is 5.73 Å². The van der Waals surface area contributed by atoms with Gasteiger partial charge in [-0.2, -0.15) is 0 Å². The lowest BCUT2D eigenvalue weighted by molar-refractivity contribution is -0.118. The largest absolute Gasteiger partial charge is 0.491 e. The monoisotopic (exact) mass is 440 g/mol. The second kappa shape index (κ2) is 8.88. The number of carbonyl (C=O) groups excluding carboxylic acids is 1. The van der Waals surface area contributed by atoms with E-state index in [1.54, 1.807) is 0 Å². The molecular weight excluding hydrogens is 420 g/mol. The maximum absolute atomic E-state index is 11.1. The van der Waals surface area contributed by atoms with Gasteiger partial charge in [-0.3, -0.25) is 4.79 Å². The highest BCUT2D eigenvalue weighted by Gasteiger charge is 2.30. The van der Waals surface area contributed by atoms with Crippen LogP contribution in [0.1, 0.15) is 31.0 Å². The molecule has 1 heterocycles. The van der Waals surface area contributed by atoms with E-state index in [9.17, 15) is 9.90 Å². The second-order valence-electron chi connectivity index (χ2n) is 6.22. The lowest BCUT2D eigenvalue weighted by Gasteiger charge is -2.13. The van der Waals surface area contributed by atoms with Gasteiger partial charge in [-0.25, -0.2) is 0 Å². The zero-order valence-corrected chi connectivity index (χ0v) is 16.6. The second-order valence-corrected chi connectivity index (χ2v) is 8.12. The normalized spacial score (nSPS) is 15.0. The van der Waals surface area contributed by atoms with Gasteiger partial charge in [0.1, 0.15) is 18.2 Å². The molecule has 1 aromatic carbocycles. The topological polar surface area (TPSA) is 103 Å². The average Bonchev–Trinajstić information content (AvgIpc) is 3.37. The summed E-state index contributed by atoms with van der Waals surface area (Å²) in [6, 6.07) is 7.48. The van der Waals surface area contributed by atoms with Crippen molar-refractivity contribution < 1.29 is 14.6 Å². The predicted octanol–water partition coefficient (Wildman–Crippen LogP) is 2.33. The van der Waals surface area contributed by atoms with Crippen LogP contribution in [0.5, 0.6) is 5.75 Å². The van der Waals surface area contributed by atoms with Crippen LogP contribution in [0.15, 0.2) is 33.9 Å². The summed E-state index contributed by atoms with van der Waals surface area (Å²) in [7, 11) is 0. The summed E-state index contributed by atoms with van der Waals surface area (Å²) >= 11 is 4.79. The van der Waals surface area contributed by atoms with Crippen molar-refractivity contribution in [3.63, 3.8) is 0 Å². The molecule has 2 aromatic rings. The standard InChI is InChI=1S/C17H21BrN4O3S/c18-12-2-1-3-14(8-12)25-9-13(23)10-26-17-21-20-16(11-4-5-11)22(17)7-6-15(19)24/h1-3,8,11,13,23H,4-7,9-10H2,(H2,19,24). The van der Waals surface area contributed by atoms with Gasteiger partial charge >= 0.3 is 0 Å². The Labute approximate surface area is 164 Å². The molecule has 1 aliphatic rings. The third kappa shape index (κ3) is 5.46. The van der Waals surface area contributed by atoms with Gasteiger partial charge in [-0.05, 0) is 31.0 Å². The average molecular weight is 441 g/mol. The molecule has 1 atom stereocenters. The van der Waals surface area contributed by atoms with Crippen molar-refractivity contribution in [2.75, 3.05) is 12.4 Å². The number of rotatable bonds is 10. The molecule has 1 fully saturated rings. The Balaban J connectivity index is 1.54. The molecule has 26 heavy (non-hydrogen) atoms. The number of amides is 1. The van der Waals surface area contributed by atoms with Gasteiger partial charge in [0, 0.05) is 29.1 Å². The van der Waals surface area contributed by atoms with E-state index in [-0.39, 0.29) is 18.9 Å². The Hall–Kier alpha value is -1.58. The van der Waals surface area contributed by atoms with E-state index < -0.39 is 6.10 Å². The number of hydrogen-bond acceptors (Lipinski definition) is 6. The minimum Gasteiger partial charge on any atom is -0.491 e. The van der Waals surface area contributed by atoms with Gasteiger partial charge in [0.25, 0.3) is 0 Å². The summed E-state index contributed by atoms with van der Waals surface area (Å²) in [5.74, 6) is 2.11. The zero-order valence-electron chi connectivity index (χ0n) is 14.2. The van der Waals surface area contributed by atoms with Crippen LogP contribution in [0, 0.1) is 0 Å². The number of aromatic nitrogens is 3. The van der Waals surface area contributed by atoms with Crippen LogP contribution in [0.2, 0.25) is 0 Å². The Morgan fingerprint density at radius 3 is 2.96 bits per heavy atom. The number of primary amides is 1. The first kappa shape index (κ1) is 19.2. The summed E-state index contributed by atoms with van der Waals surface area (Å²) in [5.41, 5.74) is 5.27. The summed E-state index contributed by atoms with van der Waals surface area (Å²) in [4.78, 5) is 11.1. The van der Waals surface area contributed by atoms with Crippen LogP contribution in [0.3, 0.4) is 0 Å².